The molecule has 1 aromatic carbocycles. The first-order valence-corrected chi connectivity index (χ1v) is 5.54. The van der Waals surface area contributed by atoms with Crippen molar-refractivity contribution in [1.82, 2.24) is 4.90 Å². The maximum Gasteiger partial charge on any atom is 0.573 e. The Labute approximate surface area is 108 Å². The van der Waals surface area contributed by atoms with E-state index in [9.17, 15) is 13.2 Å². The lowest BCUT2D eigenvalue weighted by Crippen LogP contribution is -2.33. The van der Waals surface area contributed by atoms with Gasteiger partial charge < -0.3 is 15.4 Å². The van der Waals surface area contributed by atoms with Crippen LogP contribution in [0.4, 0.5) is 13.2 Å². The molecular formula is C11H13F3N2OS. The molecule has 0 unspecified atom stereocenters. The molecule has 1 aromatic rings. The fourth-order valence-electron chi connectivity index (χ4n) is 1.31. The van der Waals surface area contributed by atoms with E-state index in [-0.39, 0.29) is 10.9 Å². The molecule has 0 atom stereocenters. The molecule has 100 valence electrons. The van der Waals surface area contributed by atoms with E-state index in [4.69, 9.17) is 18.0 Å². The van der Waals surface area contributed by atoms with Crippen LogP contribution in [0.2, 0.25) is 0 Å². The SMILES string of the molecule is CN(CCc1cccc(OC(F)(F)F)c1)C(N)=S. The van der Waals surface area contributed by atoms with Gasteiger partial charge in [-0.05, 0) is 36.3 Å². The Balaban J connectivity index is 2.62. The zero-order valence-corrected chi connectivity index (χ0v) is 10.5. The number of halogens is 3. The van der Waals surface area contributed by atoms with Crippen molar-refractivity contribution in [3.63, 3.8) is 0 Å². The van der Waals surface area contributed by atoms with Gasteiger partial charge in [-0.15, -0.1) is 13.2 Å². The Morgan fingerprint density at radius 3 is 2.67 bits per heavy atom. The number of alkyl halides is 3. The standard InChI is InChI=1S/C11H13F3N2OS/c1-16(10(15)18)6-5-8-3-2-4-9(7-8)17-11(12,13)14/h2-4,7H,5-6H2,1H3,(H2,15,18). The molecule has 2 N–H and O–H groups in total. The average Bonchev–Trinajstić information content (AvgIpc) is 2.23. The van der Waals surface area contributed by atoms with Gasteiger partial charge in [0.2, 0.25) is 0 Å². The zero-order chi connectivity index (χ0) is 13.8. The highest BCUT2D eigenvalue weighted by atomic mass is 32.1. The number of nitrogens with zero attached hydrogens (tertiary/aromatic N) is 1. The highest BCUT2D eigenvalue weighted by molar-refractivity contribution is 7.80. The van der Waals surface area contributed by atoms with E-state index in [0.29, 0.717) is 13.0 Å². The molecule has 3 nitrogen and oxygen atoms in total. The summed E-state index contributed by atoms with van der Waals surface area (Å²) in [4.78, 5) is 1.65. The maximum absolute atomic E-state index is 12.0. The van der Waals surface area contributed by atoms with E-state index in [1.54, 1.807) is 18.0 Å². The fraction of sp³-hybridized carbons (Fsp3) is 0.364. The fourth-order valence-corrected chi connectivity index (χ4v) is 1.40. The molecule has 0 bridgehead atoms. The monoisotopic (exact) mass is 278 g/mol. The first kappa shape index (κ1) is 14.6. The van der Waals surface area contributed by atoms with Gasteiger partial charge in [-0.2, -0.15) is 0 Å². The normalized spacial score (nSPS) is 11.1. The van der Waals surface area contributed by atoms with Crippen molar-refractivity contribution in [2.75, 3.05) is 13.6 Å². The summed E-state index contributed by atoms with van der Waals surface area (Å²) in [6.45, 7) is 0.533. The lowest BCUT2D eigenvalue weighted by molar-refractivity contribution is -0.274. The van der Waals surface area contributed by atoms with Crippen molar-refractivity contribution in [2.24, 2.45) is 5.73 Å². The second-order valence-electron chi connectivity index (χ2n) is 3.71. The summed E-state index contributed by atoms with van der Waals surface area (Å²) in [6, 6.07) is 5.84. The Morgan fingerprint density at radius 1 is 1.44 bits per heavy atom. The molecule has 0 aliphatic carbocycles. The first-order chi connectivity index (χ1) is 8.28. The summed E-state index contributed by atoms with van der Waals surface area (Å²) in [5.74, 6) is -0.224. The van der Waals surface area contributed by atoms with Gasteiger partial charge in [0.15, 0.2) is 5.11 Å². The third-order valence-corrected chi connectivity index (χ3v) is 2.56. The van der Waals surface area contributed by atoms with E-state index in [1.165, 1.54) is 18.2 Å². The Hall–Kier alpha value is -1.50. The molecule has 7 heteroatoms. The largest absolute Gasteiger partial charge is 0.573 e. The second kappa shape index (κ2) is 5.90. The third-order valence-electron chi connectivity index (χ3n) is 2.24. The van der Waals surface area contributed by atoms with Crippen LogP contribution in [0.15, 0.2) is 24.3 Å². The van der Waals surface area contributed by atoms with Crippen molar-refractivity contribution in [1.29, 1.82) is 0 Å². The number of hydrogen-bond donors (Lipinski definition) is 1. The number of nitrogens with two attached hydrogens (primary N) is 1. The number of hydrogen-bond acceptors (Lipinski definition) is 2. The first-order valence-electron chi connectivity index (χ1n) is 5.13. The van der Waals surface area contributed by atoms with E-state index >= 15 is 0 Å². The number of rotatable bonds is 4. The molecule has 0 aliphatic heterocycles. The number of ether oxygens (including phenoxy) is 1. The molecule has 0 aromatic heterocycles. The third kappa shape index (κ3) is 5.22. The van der Waals surface area contributed by atoms with Gasteiger partial charge in [0, 0.05) is 13.6 Å². The number of likely N-dealkylation sites (N-methyl/N-ethyl adjacent to an activating group) is 1. The summed E-state index contributed by atoms with van der Waals surface area (Å²) in [6.07, 6.45) is -4.14. The number of benzene rings is 1. The van der Waals surface area contributed by atoms with Crippen LogP contribution in [-0.2, 0) is 6.42 Å². The minimum atomic E-state index is -4.67. The van der Waals surface area contributed by atoms with Gasteiger partial charge >= 0.3 is 6.36 Å². The molecule has 18 heavy (non-hydrogen) atoms. The van der Waals surface area contributed by atoms with Gasteiger partial charge in [-0.1, -0.05) is 12.1 Å². The quantitative estimate of drug-likeness (QED) is 0.858. The second-order valence-corrected chi connectivity index (χ2v) is 4.12. The van der Waals surface area contributed by atoms with Gasteiger partial charge in [-0.25, -0.2) is 0 Å². The van der Waals surface area contributed by atoms with Crippen molar-refractivity contribution in [3.05, 3.63) is 29.8 Å². The summed E-state index contributed by atoms with van der Waals surface area (Å²) >= 11 is 4.76. The minimum absolute atomic E-state index is 0.224. The Kier molecular flexibility index (Phi) is 4.77. The predicted octanol–water partition coefficient (Wildman–Crippen LogP) is 2.30. The van der Waals surface area contributed by atoms with Crippen LogP contribution >= 0.6 is 12.2 Å². The van der Waals surface area contributed by atoms with Crippen LogP contribution in [0.5, 0.6) is 5.75 Å². The smallest absolute Gasteiger partial charge is 0.406 e. The van der Waals surface area contributed by atoms with Crippen molar-refractivity contribution >= 4 is 17.3 Å². The van der Waals surface area contributed by atoms with E-state index in [0.717, 1.165) is 5.56 Å². The Bertz CT molecular complexity index is 423. The average molecular weight is 278 g/mol. The molecule has 0 radical (unpaired) electrons. The van der Waals surface area contributed by atoms with E-state index in [2.05, 4.69) is 4.74 Å². The molecular weight excluding hydrogens is 265 g/mol. The highest BCUT2D eigenvalue weighted by Gasteiger charge is 2.31. The van der Waals surface area contributed by atoms with Crippen LogP contribution in [0.3, 0.4) is 0 Å². The molecule has 0 saturated carbocycles. The lowest BCUT2D eigenvalue weighted by Gasteiger charge is -2.16. The topological polar surface area (TPSA) is 38.5 Å². The molecule has 0 heterocycles. The van der Waals surface area contributed by atoms with Gasteiger partial charge in [-0.3, -0.25) is 0 Å². The minimum Gasteiger partial charge on any atom is -0.406 e. The summed E-state index contributed by atoms with van der Waals surface area (Å²) in [7, 11) is 1.72. The molecule has 0 saturated heterocycles. The van der Waals surface area contributed by atoms with Crippen molar-refractivity contribution in [3.8, 4) is 5.75 Å². The van der Waals surface area contributed by atoms with Gasteiger partial charge in [0.25, 0.3) is 0 Å². The molecule has 0 fully saturated rings. The molecule has 0 aliphatic rings. The lowest BCUT2D eigenvalue weighted by atomic mass is 10.1. The summed E-state index contributed by atoms with van der Waals surface area (Å²) in [5, 5.41) is 0.248. The van der Waals surface area contributed by atoms with Crippen LogP contribution in [-0.4, -0.2) is 30.0 Å². The van der Waals surface area contributed by atoms with E-state index in [1.807, 2.05) is 0 Å². The summed E-state index contributed by atoms with van der Waals surface area (Å²) in [5.41, 5.74) is 6.12. The molecule has 1 rings (SSSR count). The van der Waals surface area contributed by atoms with E-state index < -0.39 is 6.36 Å². The number of thiocarbonyl (C=S) groups is 1. The van der Waals surface area contributed by atoms with Gasteiger partial charge in [0.05, 0.1) is 0 Å². The predicted molar refractivity (Wildman–Crippen MR) is 66.2 cm³/mol. The van der Waals surface area contributed by atoms with Crippen molar-refractivity contribution < 1.29 is 17.9 Å². The molecule has 0 spiro atoms. The Morgan fingerprint density at radius 2 is 2.11 bits per heavy atom. The maximum atomic E-state index is 12.0. The van der Waals surface area contributed by atoms with Crippen LogP contribution in [0, 0.1) is 0 Å². The highest BCUT2D eigenvalue weighted by Crippen LogP contribution is 2.23. The van der Waals surface area contributed by atoms with Crippen molar-refractivity contribution in [2.45, 2.75) is 12.8 Å². The van der Waals surface area contributed by atoms with Crippen LogP contribution in [0.25, 0.3) is 0 Å². The molecule has 0 amide bonds. The van der Waals surface area contributed by atoms with Crippen LogP contribution in [0.1, 0.15) is 5.56 Å². The van der Waals surface area contributed by atoms with Crippen LogP contribution < -0.4 is 10.5 Å². The summed E-state index contributed by atoms with van der Waals surface area (Å²) < 4.78 is 39.9. The zero-order valence-electron chi connectivity index (χ0n) is 9.70. The van der Waals surface area contributed by atoms with Gasteiger partial charge in [0.1, 0.15) is 5.75 Å².